The number of rotatable bonds is 0. The predicted molar refractivity (Wildman–Crippen MR) is 40.2 cm³/mol. The monoisotopic (exact) mass is 167 g/mol. The Balaban J connectivity index is 2.54. The minimum atomic E-state index is -0.507. The number of amides is 1. The number of nitrogens with zero attached hydrogens (tertiary/aromatic N) is 1. The molecule has 0 unspecified atom stereocenters. The van der Waals surface area contributed by atoms with Crippen LogP contribution in [-0.4, -0.2) is 17.6 Å². The van der Waals surface area contributed by atoms with Crippen LogP contribution in [0.25, 0.3) is 0 Å². The lowest BCUT2D eigenvalue weighted by molar-refractivity contribution is 0.0952. The molecule has 1 aliphatic heterocycles. The van der Waals surface area contributed by atoms with Gasteiger partial charge < -0.3 is 10.6 Å². The van der Waals surface area contributed by atoms with E-state index in [1.165, 1.54) is 0 Å². The minimum absolute atomic E-state index is 0.251. The molecule has 0 fully saturated rings. The number of pyridine rings is 1. The highest BCUT2D eigenvalue weighted by molar-refractivity contribution is 6.00. The third kappa shape index (κ3) is 0.990. The first kappa shape index (κ1) is 7.02. The number of aromatic nitrogens is 1. The summed E-state index contributed by atoms with van der Waals surface area (Å²) in [7, 11) is 0. The lowest BCUT2D eigenvalue weighted by Crippen LogP contribution is -2.35. The summed E-state index contributed by atoms with van der Waals surface area (Å²) in [5.74, 6) is -0.372. The van der Waals surface area contributed by atoms with Crippen molar-refractivity contribution in [2.75, 3.05) is 12.0 Å². The second-order valence-corrected chi connectivity index (χ2v) is 2.41. The number of nitrogens with one attached hydrogen (secondary N) is 2. The van der Waals surface area contributed by atoms with Crippen LogP contribution in [0.15, 0.2) is 12.3 Å². The molecule has 2 rings (SSSR count). The molecule has 1 aromatic heterocycles. The molecule has 4 nitrogen and oxygen atoms in total. The molecule has 1 aliphatic rings. The van der Waals surface area contributed by atoms with E-state index < -0.39 is 5.82 Å². The van der Waals surface area contributed by atoms with Gasteiger partial charge >= 0.3 is 0 Å². The van der Waals surface area contributed by atoms with Crippen LogP contribution < -0.4 is 10.6 Å². The first-order valence-electron chi connectivity index (χ1n) is 3.45. The first-order chi connectivity index (χ1) is 5.77. The maximum Gasteiger partial charge on any atom is 0.256 e. The molecule has 0 spiro atoms. The van der Waals surface area contributed by atoms with Gasteiger partial charge in [-0.25, -0.2) is 9.37 Å². The van der Waals surface area contributed by atoms with Gasteiger partial charge in [0, 0.05) is 0 Å². The van der Waals surface area contributed by atoms with Crippen molar-refractivity contribution >= 4 is 11.7 Å². The molecule has 0 aliphatic carbocycles. The van der Waals surface area contributed by atoms with E-state index in [2.05, 4.69) is 15.6 Å². The molecule has 0 saturated heterocycles. The number of hydrogen-bond acceptors (Lipinski definition) is 3. The Morgan fingerprint density at radius 3 is 3.17 bits per heavy atom. The minimum Gasteiger partial charge on any atom is -0.352 e. The number of carbonyl (C=O) groups is 1. The van der Waals surface area contributed by atoms with Crippen LogP contribution in [0.2, 0.25) is 0 Å². The topological polar surface area (TPSA) is 54.0 Å². The molecule has 0 radical (unpaired) electrons. The maximum atomic E-state index is 12.6. The lowest BCUT2D eigenvalue weighted by Gasteiger charge is -2.16. The van der Waals surface area contributed by atoms with Gasteiger partial charge in [-0.1, -0.05) is 0 Å². The normalized spacial score (nSPS) is 14.6. The van der Waals surface area contributed by atoms with Gasteiger partial charge in [-0.15, -0.1) is 0 Å². The summed E-state index contributed by atoms with van der Waals surface area (Å²) >= 11 is 0. The Morgan fingerprint density at radius 1 is 1.50 bits per heavy atom. The summed E-state index contributed by atoms with van der Waals surface area (Å²) < 4.78 is 12.6. The van der Waals surface area contributed by atoms with Gasteiger partial charge in [0.2, 0.25) is 0 Å². The quantitative estimate of drug-likeness (QED) is 0.585. The summed E-state index contributed by atoms with van der Waals surface area (Å²) in [5, 5.41) is 5.32. The van der Waals surface area contributed by atoms with Gasteiger partial charge in [0.1, 0.15) is 11.6 Å². The van der Waals surface area contributed by atoms with Crippen molar-refractivity contribution in [3.05, 3.63) is 23.6 Å². The Morgan fingerprint density at radius 2 is 2.33 bits per heavy atom. The Bertz CT molecular complexity index is 339. The van der Waals surface area contributed by atoms with Crippen LogP contribution in [0.1, 0.15) is 10.4 Å². The summed E-state index contributed by atoms with van der Waals surface area (Å²) in [5.41, 5.74) is 0.251. The van der Waals surface area contributed by atoms with Gasteiger partial charge in [-0.3, -0.25) is 4.79 Å². The molecule has 2 heterocycles. The van der Waals surface area contributed by atoms with Gasteiger partial charge in [0.25, 0.3) is 5.91 Å². The van der Waals surface area contributed by atoms with Crippen LogP contribution in [0.4, 0.5) is 10.2 Å². The standard InChI is InChI=1S/C7H6FN3O/c8-4-1-5-6(9-2-4)10-3-11-7(5)12/h1-2H,3H2,(H,9,10)(H,11,12). The summed E-state index contributed by atoms with van der Waals surface area (Å²) in [6, 6.07) is 1.16. The number of halogens is 1. The molecule has 0 saturated carbocycles. The highest BCUT2D eigenvalue weighted by Gasteiger charge is 2.17. The zero-order chi connectivity index (χ0) is 8.55. The van der Waals surface area contributed by atoms with Crippen molar-refractivity contribution in [2.45, 2.75) is 0 Å². The Hall–Kier alpha value is -1.65. The van der Waals surface area contributed by atoms with E-state index in [0.29, 0.717) is 12.5 Å². The molecule has 1 aromatic rings. The first-order valence-corrected chi connectivity index (χ1v) is 3.45. The zero-order valence-corrected chi connectivity index (χ0v) is 6.10. The number of hydrogen-bond donors (Lipinski definition) is 2. The van der Waals surface area contributed by atoms with Crippen molar-refractivity contribution in [1.29, 1.82) is 0 Å². The predicted octanol–water partition coefficient (Wildman–Crippen LogP) is 0.333. The number of carbonyl (C=O) groups excluding carboxylic acids is 1. The van der Waals surface area contributed by atoms with Gasteiger partial charge in [0.05, 0.1) is 18.4 Å². The number of fused-ring (bicyclic) bond motifs is 1. The lowest BCUT2D eigenvalue weighted by atomic mass is 10.2. The van der Waals surface area contributed by atoms with Crippen molar-refractivity contribution in [1.82, 2.24) is 10.3 Å². The Labute approximate surface area is 67.8 Å². The number of anilines is 1. The molecular formula is C7H6FN3O. The van der Waals surface area contributed by atoms with Crippen molar-refractivity contribution in [3.63, 3.8) is 0 Å². The van der Waals surface area contributed by atoms with E-state index >= 15 is 0 Å². The molecule has 0 aromatic carbocycles. The molecule has 0 bridgehead atoms. The SMILES string of the molecule is O=C1NCNc2ncc(F)cc21. The van der Waals surface area contributed by atoms with E-state index in [1.54, 1.807) is 0 Å². The van der Waals surface area contributed by atoms with E-state index in [1.807, 2.05) is 0 Å². The summed E-state index contributed by atoms with van der Waals surface area (Å²) in [6.07, 6.45) is 1.07. The van der Waals surface area contributed by atoms with Crippen LogP contribution in [0.5, 0.6) is 0 Å². The zero-order valence-electron chi connectivity index (χ0n) is 6.10. The molecule has 2 N–H and O–H groups in total. The summed E-state index contributed by atoms with van der Waals surface area (Å²) in [6.45, 7) is 0.338. The second-order valence-electron chi connectivity index (χ2n) is 2.41. The van der Waals surface area contributed by atoms with Crippen molar-refractivity contribution in [2.24, 2.45) is 0 Å². The molecule has 1 amide bonds. The van der Waals surface area contributed by atoms with Crippen molar-refractivity contribution in [3.8, 4) is 0 Å². The fourth-order valence-electron chi connectivity index (χ4n) is 1.06. The fraction of sp³-hybridized carbons (Fsp3) is 0.143. The highest BCUT2D eigenvalue weighted by atomic mass is 19.1. The molecule has 62 valence electrons. The van der Waals surface area contributed by atoms with E-state index in [4.69, 9.17) is 0 Å². The Kier molecular flexibility index (Phi) is 1.43. The van der Waals surface area contributed by atoms with Crippen LogP contribution in [0, 0.1) is 5.82 Å². The highest BCUT2D eigenvalue weighted by Crippen LogP contribution is 2.15. The fourth-order valence-corrected chi connectivity index (χ4v) is 1.06. The van der Waals surface area contributed by atoms with Gasteiger partial charge in [0.15, 0.2) is 0 Å². The summed E-state index contributed by atoms with van der Waals surface area (Å²) in [4.78, 5) is 14.8. The van der Waals surface area contributed by atoms with Crippen molar-refractivity contribution < 1.29 is 9.18 Å². The largest absolute Gasteiger partial charge is 0.352 e. The second kappa shape index (κ2) is 2.44. The van der Waals surface area contributed by atoms with Crippen LogP contribution in [0.3, 0.4) is 0 Å². The van der Waals surface area contributed by atoms with E-state index in [0.717, 1.165) is 12.3 Å². The third-order valence-corrected chi connectivity index (χ3v) is 1.60. The average molecular weight is 167 g/mol. The molecule has 5 heteroatoms. The maximum absolute atomic E-state index is 12.6. The van der Waals surface area contributed by atoms with E-state index in [-0.39, 0.29) is 11.5 Å². The van der Waals surface area contributed by atoms with Crippen LogP contribution >= 0.6 is 0 Å². The molecular weight excluding hydrogens is 161 g/mol. The average Bonchev–Trinajstić information content (AvgIpc) is 2.07. The third-order valence-electron chi connectivity index (χ3n) is 1.60. The van der Waals surface area contributed by atoms with Crippen LogP contribution in [-0.2, 0) is 0 Å². The van der Waals surface area contributed by atoms with Gasteiger partial charge in [-0.05, 0) is 6.07 Å². The van der Waals surface area contributed by atoms with E-state index in [9.17, 15) is 9.18 Å². The molecule has 12 heavy (non-hydrogen) atoms. The smallest absolute Gasteiger partial charge is 0.256 e. The molecule has 0 atom stereocenters. The van der Waals surface area contributed by atoms with Gasteiger partial charge in [-0.2, -0.15) is 0 Å².